The van der Waals surface area contributed by atoms with Crippen LogP contribution in [0.4, 0.5) is 4.79 Å². The van der Waals surface area contributed by atoms with Gasteiger partial charge in [-0.15, -0.1) is 0 Å². The van der Waals surface area contributed by atoms with Crippen molar-refractivity contribution in [3.8, 4) is 5.75 Å². The molecule has 7 heteroatoms. The number of benzene rings is 3. The summed E-state index contributed by atoms with van der Waals surface area (Å²) >= 11 is 2.40. The van der Waals surface area contributed by atoms with E-state index in [2.05, 4.69) is 5.32 Å². The SMILES string of the molecule is COc1ccc(C(O)c2cccc(CC3(Sc4ccc(C)cc4)SC(=O)NC3=O)c2)cc1. The number of aryl methyl sites for hydroxylation is 1. The number of thioether (sulfide) groups is 2. The quantitative estimate of drug-likeness (QED) is 0.506. The Morgan fingerprint density at radius 2 is 1.75 bits per heavy atom. The van der Waals surface area contributed by atoms with Crippen LogP contribution in [0.1, 0.15) is 28.4 Å². The number of aliphatic hydroxyl groups excluding tert-OH is 1. The van der Waals surface area contributed by atoms with E-state index in [1.165, 1.54) is 11.8 Å². The molecule has 2 unspecified atom stereocenters. The van der Waals surface area contributed by atoms with Crippen molar-refractivity contribution < 1.29 is 19.4 Å². The fourth-order valence-corrected chi connectivity index (χ4v) is 6.09. The van der Waals surface area contributed by atoms with Gasteiger partial charge in [0.2, 0.25) is 0 Å². The zero-order valence-electron chi connectivity index (χ0n) is 17.7. The van der Waals surface area contributed by atoms with E-state index >= 15 is 0 Å². The van der Waals surface area contributed by atoms with Crippen LogP contribution in [0.5, 0.6) is 5.75 Å². The fourth-order valence-electron chi connectivity index (χ4n) is 3.55. The predicted molar refractivity (Wildman–Crippen MR) is 128 cm³/mol. The van der Waals surface area contributed by atoms with Crippen molar-refractivity contribution in [2.45, 2.75) is 28.4 Å². The van der Waals surface area contributed by atoms with Crippen molar-refractivity contribution in [1.82, 2.24) is 5.32 Å². The smallest absolute Gasteiger partial charge is 0.287 e. The molecule has 0 radical (unpaired) electrons. The van der Waals surface area contributed by atoms with E-state index in [1.54, 1.807) is 19.2 Å². The summed E-state index contributed by atoms with van der Waals surface area (Å²) in [5.41, 5.74) is 3.46. The van der Waals surface area contributed by atoms with Crippen LogP contribution in [0.2, 0.25) is 0 Å². The highest BCUT2D eigenvalue weighted by atomic mass is 32.2. The van der Waals surface area contributed by atoms with E-state index in [-0.39, 0.29) is 11.1 Å². The molecule has 1 saturated heterocycles. The molecule has 2 atom stereocenters. The van der Waals surface area contributed by atoms with Crippen LogP contribution in [-0.2, 0) is 11.2 Å². The van der Waals surface area contributed by atoms with Crippen LogP contribution in [0.3, 0.4) is 0 Å². The Kier molecular flexibility index (Phi) is 6.60. The van der Waals surface area contributed by atoms with Crippen molar-refractivity contribution in [2.24, 2.45) is 0 Å². The molecule has 0 spiro atoms. The molecule has 1 fully saturated rings. The molecule has 0 aromatic heterocycles. The molecule has 3 aromatic rings. The third-order valence-corrected chi connectivity index (χ3v) is 7.87. The molecule has 1 aliphatic heterocycles. The van der Waals surface area contributed by atoms with Crippen LogP contribution in [0.25, 0.3) is 0 Å². The molecule has 32 heavy (non-hydrogen) atoms. The summed E-state index contributed by atoms with van der Waals surface area (Å²) in [7, 11) is 1.60. The monoisotopic (exact) mass is 465 g/mol. The van der Waals surface area contributed by atoms with Gasteiger partial charge in [-0.05, 0) is 59.6 Å². The van der Waals surface area contributed by atoms with Crippen molar-refractivity contribution in [2.75, 3.05) is 7.11 Å². The Bertz CT molecular complexity index is 1130. The Labute approximate surface area is 195 Å². The highest BCUT2D eigenvalue weighted by Crippen LogP contribution is 2.48. The van der Waals surface area contributed by atoms with Gasteiger partial charge in [0.1, 0.15) is 11.9 Å². The second-order valence-corrected chi connectivity index (χ2v) is 10.5. The first-order valence-corrected chi connectivity index (χ1v) is 11.7. The third kappa shape index (κ3) is 4.85. The minimum absolute atomic E-state index is 0.306. The van der Waals surface area contributed by atoms with Gasteiger partial charge in [0.05, 0.1) is 7.11 Å². The van der Waals surface area contributed by atoms with Gasteiger partial charge in [-0.2, -0.15) is 0 Å². The topological polar surface area (TPSA) is 75.6 Å². The average molecular weight is 466 g/mol. The Balaban J connectivity index is 1.60. The molecule has 0 saturated carbocycles. The molecular formula is C25H23NO4S2. The lowest BCUT2D eigenvalue weighted by molar-refractivity contribution is -0.119. The van der Waals surface area contributed by atoms with Gasteiger partial charge < -0.3 is 9.84 Å². The lowest BCUT2D eigenvalue weighted by atomic mass is 9.98. The van der Waals surface area contributed by atoms with Crippen LogP contribution >= 0.6 is 23.5 Å². The lowest BCUT2D eigenvalue weighted by Crippen LogP contribution is -2.35. The summed E-state index contributed by atoms with van der Waals surface area (Å²) in [6, 6.07) is 22.7. The summed E-state index contributed by atoms with van der Waals surface area (Å²) in [5, 5.41) is 13.0. The number of amides is 2. The van der Waals surface area contributed by atoms with E-state index in [0.717, 1.165) is 44.7 Å². The van der Waals surface area contributed by atoms with Crippen molar-refractivity contribution in [3.63, 3.8) is 0 Å². The minimum atomic E-state index is -1.00. The normalized spacial score (nSPS) is 19.0. The van der Waals surface area contributed by atoms with Crippen LogP contribution in [0.15, 0.2) is 77.7 Å². The first-order valence-electron chi connectivity index (χ1n) is 10.1. The van der Waals surface area contributed by atoms with Gasteiger partial charge in [0, 0.05) is 11.3 Å². The molecule has 1 heterocycles. The van der Waals surface area contributed by atoms with Gasteiger partial charge in [0.15, 0.2) is 4.08 Å². The number of carbonyl (C=O) groups excluding carboxylic acids is 2. The third-order valence-electron chi connectivity index (χ3n) is 5.26. The van der Waals surface area contributed by atoms with Crippen molar-refractivity contribution in [3.05, 3.63) is 95.1 Å². The number of ether oxygens (including phenoxy) is 1. The van der Waals surface area contributed by atoms with Gasteiger partial charge in [-0.3, -0.25) is 14.9 Å². The second-order valence-electron chi connectivity index (χ2n) is 7.61. The zero-order chi connectivity index (χ0) is 22.7. The van der Waals surface area contributed by atoms with E-state index in [0.29, 0.717) is 6.42 Å². The molecule has 3 aromatic carbocycles. The number of rotatable bonds is 7. The molecule has 0 bridgehead atoms. The fraction of sp³-hybridized carbons (Fsp3) is 0.200. The molecule has 1 aliphatic rings. The van der Waals surface area contributed by atoms with Crippen LogP contribution < -0.4 is 10.1 Å². The number of carbonyl (C=O) groups is 2. The largest absolute Gasteiger partial charge is 0.497 e. The van der Waals surface area contributed by atoms with Crippen molar-refractivity contribution >= 4 is 34.7 Å². The second kappa shape index (κ2) is 9.40. The molecule has 0 aliphatic carbocycles. The van der Waals surface area contributed by atoms with Gasteiger partial charge in [-0.25, -0.2) is 0 Å². The van der Waals surface area contributed by atoms with Gasteiger partial charge in [-0.1, -0.05) is 65.9 Å². The van der Waals surface area contributed by atoms with Gasteiger partial charge in [0.25, 0.3) is 11.1 Å². The first-order chi connectivity index (χ1) is 15.4. The Morgan fingerprint density at radius 3 is 2.38 bits per heavy atom. The molecule has 164 valence electrons. The zero-order valence-corrected chi connectivity index (χ0v) is 19.3. The summed E-state index contributed by atoms with van der Waals surface area (Å²) in [4.78, 5) is 25.9. The van der Waals surface area contributed by atoms with Crippen LogP contribution in [0, 0.1) is 6.92 Å². The highest BCUT2D eigenvalue weighted by Gasteiger charge is 2.49. The van der Waals surface area contributed by atoms with E-state index in [4.69, 9.17) is 4.74 Å². The maximum absolute atomic E-state index is 12.8. The highest BCUT2D eigenvalue weighted by molar-refractivity contribution is 8.27. The predicted octanol–water partition coefficient (Wildman–Crippen LogP) is 5.10. The Hall–Kier alpha value is -2.74. The maximum Gasteiger partial charge on any atom is 0.287 e. The van der Waals surface area contributed by atoms with E-state index in [9.17, 15) is 14.7 Å². The lowest BCUT2D eigenvalue weighted by Gasteiger charge is -2.24. The molecule has 5 nitrogen and oxygen atoms in total. The standard InChI is InChI=1S/C25H23NO4S2/c1-16-6-12-21(13-7-16)31-25(23(28)26-24(29)32-25)15-17-4-3-5-19(14-17)22(27)18-8-10-20(30-2)11-9-18/h3-14,22,27H,15H2,1-2H3,(H,26,28,29). The summed E-state index contributed by atoms with van der Waals surface area (Å²) in [6.45, 7) is 2.00. The van der Waals surface area contributed by atoms with Crippen molar-refractivity contribution in [1.29, 1.82) is 0 Å². The number of nitrogens with one attached hydrogen (secondary N) is 1. The number of hydrogen-bond donors (Lipinski definition) is 2. The number of hydrogen-bond acceptors (Lipinski definition) is 6. The Morgan fingerprint density at radius 1 is 1.03 bits per heavy atom. The molecule has 2 amide bonds. The van der Waals surface area contributed by atoms with Crippen LogP contribution in [-0.4, -0.2) is 27.4 Å². The van der Waals surface area contributed by atoms with Gasteiger partial charge >= 0.3 is 0 Å². The van der Waals surface area contributed by atoms with E-state index < -0.39 is 10.2 Å². The number of imide groups is 1. The maximum atomic E-state index is 12.8. The first kappa shape index (κ1) is 22.5. The summed E-state index contributed by atoms with van der Waals surface area (Å²) in [6.07, 6.45) is -0.468. The summed E-state index contributed by atoms with van der Waals surface area (Å²) in [5.74, 6) is 0.415. The number of aliphatic hydroxyl groups is 1. The van der Waals surface area contributed by atoms with E-state index in [1.807, 2.05) is 67.6 Å². The molecule has 2 N–H and O–H groups in total. The minimum Gasteiger partial charge on any atom is -0.497 e. The molecular weight excluding hydrogens is 442 g/mol. The summed E-state index contributed by atoms with van der Waals surface area (Å²) < 4.78 is 4.18. The average Bonchev–Trinajstić information content (AvgIpc) is 3.07. The number of methoxy groups -OCH3 is 1. The molecule has 4 rings (SSSR count).